The number of rotatable bonds is 6. The summed E-state index contributed by atoms with van der Waals surface area (Å²) in [5, 5.41) is 3.26. The molecular weight excluding hydrogens is 435 g/mol. The largest absolute Gasteiger partial charge is 0.442 e. The number of carbonyl (C=O) groups is 2. The predicted molar refractivity (Wildman–Crippen MR) is 104 cm³/mol. The van der Waals surface area contributed by atoms with E-state index in [9.17, 15) is 9.59 Å². The van der Waals surface area contributed by atoms with Gasteiger partial charge in [-0.15, -0.1) is 0 Å². The standard InChI is InChI=1S/C17H15Cl3N2O4S/c18-10-5-3-9(4-6-10)14(16(23)21-8-11-2-1-7-25-11)26-17(24)13-12(19)15(20)27-22-13/h3-6,11,14H,1-2,7-8H2,(H,21,23)/t11-,14+/m0/s1. The van der Waals surface area contributed by atoms with Gasteiger partial charge in [-0.1, -0.05) is 46.9 Å². The summed E-state index contributed by atoms with van der Waals surface area (Å²) in [7, 11) is 0. The van der Waals surface area contributed by atoms with Crippen molar-refractivity contribution in [2.75, 3.05) is 13.2 Å². The van der Waals surface area contributed by atoms with Crippen LogP contribution in [0, 0.1) is 0 Å². The number of benzene rings is 1. The van der Waals surface area contributed by atoms with Crippen LogP contribution in [0.3, 0.4) is 0 Å². The van der Waals surface area contributed by atoms with E-state index in [4.69, 9.17) is 44.3 Å². The van der Waals surface area contributed by atoms with Crippen LogP contribution < -0.4 is 5.32 Å². The third-order valence-electron chi connectivity index (χ3n) is 3.95. The molecule has 1 amide bonds. The molecule has 0 spiro atoms. The maximum absolute atomic E-state index is 12.7. The summed E-state index contributed by atoms with van der Waals surface area (Å²) in [6, 6.07) is 6.44. The lowest BCUT2D eigenvalue weighted by molar-refractivity contribution is -0.130. The van der Waals surface area contributed by atoms with Crippen LogP contribution in [0.25, 0.3) is 0 Å². The van der Waals surface area contributed by atoms with Gasteiger partial charge < -0.3 is 14.8 Å². The summed E-state index contributed by atoms with van der Waals surface area (Å²) in [4.78, 5) is 25.1. The summed E-state index contributed by atoms with van der Waals surface area (Å²) in [6.45, 7) is 1.02. The van der Waals surface area contributed by atoms with Crippen LogP contribution in [0.15, 0.2) is 24.3 Å². The van der Waals surface area contributed by atoms with Crippen molar-refractivity contribution >= 4 is 58.2 Å². The molecule has 2 atom stereocenters. The van der Waals surface area contributed by atoms with E-state index in [2.05, 4.69) is 9.69 Å². The van der Waals surface area contributed by atoms with Crippen molar-refractivity contribution in [1.82, 2.24) is 9.69 Å². The zero-order chi connectivity index (χ0) is 19.4. The quantitative estimate of drug-likeness (QED) is 0.665. The molecule has 0 aliphatic carbocycles. The molecule has 10 heteroatoms. The van der Waals surface area contributed by atoms with Crippen LogP contribution in [-0.4, -0.2) is 35.5 Å². The molecule has 3 rings (SSSR count). The monoisotopic (exact) mass is 448 g/mol. The number of carbonyl (C=O) groups excluding carboxylic acids is 2. The van der Waals surface area contributed by atoms with Crippen LogP contribution in [-0.2, 0) is 14.3 Å². The number of nitrogens with zero attached hydrogens (tertiary/aromatic N) is 1. The van der Waals surface area contributed by atoms with Gasteiger partial charge in [-0.3, -0.25) is 4.79 Å². The molecule has 0 saturated carbocycles. The van der Waals surface area contributed by atoms with Crippen molar-refractivity contribution in [2.45, 2.75) is 25.0 Å². The van der Waals surface area contributed by atoms with E-state index in [-0.39, 0.29) is 21.2 Å². The zero-order valence-corrected chi connectivity index (χ0v) is 17.0. The molecule has 0 radical (unpaired) electrons. The molecule has 2 heterocycles. The second kappa shape index (κ2) is 9.21. The molecule has 2 aromatic rings. The Hall–Kier alpha value is -1.38. The minimum absolute atomic E-state index is 0.00119. The molecule has 144 valence electrons. The Balaban J connectivity index is 1.76. The third kappa shape index (κ3) is 5.12. The van der Waals surface area contributed by atoms with Crippen molar-refractivity contribution in [3.63, 3.8) is 0 Å². The van der Waals surface area contributed by atoms with Gasteiger partial charge in [0.05, 0.1) is 6.10 Å². The van der Waals surface area contributed by atoms with E-state index in [0.29, 0.717) is 23.7 Å². The van der Waals surface area contributed by atoms with Crippen molar-refractivity contribution in [3.05, 3.63) is 49.9 Å². The minimum atomic E-state index is -1.19. The molecule has 1 fully saturated rings. The third-order valence-corrected chi connectivity index (χ3v) is 5.82. The van der Waals surface area contributed by atoms with Crippen LogP contribution in [0.2, 0.25) is 14.4 Å². The van der Waals surface area contributed by atoms with E-state index in [1.807, 2.05) is 0 Å². The molecule has 27 heavy (non-hydrogen) atoms. The van der Waals surface area contributed by atoms with Crippen LogP contribution in [0.1, 0.15) is 35.0 Å². The number of halogens is 3. The average Bonchev–Trinajstić information content (AvgIpc) is 3.29. The van der Waals surface area contributed by atoms with Crippen molar-refractivity contribution < 1.29 is 19.1 Å². The van der Waals surface area contributed by atoms with E-state index < -0.39 is 18.0 Å². The van der Waals surface area contributed by atoms with Crippen molar-refractivity contribution in [3.8, 4) is 0 Å². The zero-order valence-electron chi connectivity index (χ0n) is 13.9. The molecule has 1 N–H and O–H groups in total. The Morgan fingerprint density at radius 1 is 1.30 bits per heavy atom. The Labute approximate surface area is 174 Å². The van der Waals surface area contributed by atoms with E-state index in [1.54, 1.807) is 24.3 Å². The lowest BCUT2D eigenvalue weighted by Gasteiger charge is -2.19. The van der Waals surface area contributed by atoms with Crippen LogP contribution >= 0.6 is 46.3 Å². The molecule has 1 aromatic carbocycles. The van der Waals surface area contributed by atoms with E-state index >= 15 is 0 Å². The molecule has 1 aromatic heterocycles. The molecule has 1 aliphatic heterocycles. The van der Waals surface area contributed by atoms with E-state index in [0.717, 1.165) is 24.4 Å². The highest BCUT2D eigenvalue weighted by Gasteiger charge is 2.29. The lowest BCUT2D eigenvalue weighted by atomic mass is 10.1. The topological polar surface area (TPSA) is 77.5 Å². The first-order valence-corrected chi connectivity index (χ1v) is 10.0. The number of aromatic nitrogens is 1. The highest BCUT2D eigenvalue weighted by Crippen LogP contribution is 2.31. The fourth-order valence-electron chi connectivity index (χ4n) is 2.57. The van der Waals surface area contributed by atoms with Gasteiger partial charge in [0.2, 0.25) is 6.10 Å². The number of amides is 1. The first kappa shape index (κ1) is 20.4. The minimum Gasteiger partial charge on any atom is -0.442 e. The van der Waals surface area contributed by atoms with Gasteiger partial charge in [-0.2, -0.15) is 4.37 Å². The van der Waals surface area contributed by atoms with Gasteiger partial charge in [0.25, 0.3) is 5.91 Å². The smallest absolute Gasteiger partial charge is 0.360 e. The first-order valence-electron chi connectivity index (χ1n) is 8.12. The molecule has 6 nitrogen and oxygen atoms in total. The lowest BCUT2D eigenvalue weighted by Crippen LogP contribution is -2.37. The number of hydrogen-bond donors (Lipinski definition) is 1. The van der Waals surface area contributed by atoms with E-state index in [1.165, 1.54) is 0 Å². The summed E-state index contributed by atoms with van der Waals surface area (Å²) in [5.41, 5.74) is 0.340. The van der Waals surface area contributed by atoms with Gasteiger partial charge in [0.15, 0.2) is 5.69 Å². The van der Waals surface area contributed by atoms with Gasteiger partial charge >= 0.3 is 5.97 Å². The summed E-state index contributed by atoms with van der Waals surface area (Å²) >= 11 is 18.6. The van der Waals surface area contributed by atoms with Gasteiger partial charge in [-0.05, 0) is 36.5 Å². The summed E-state index contributed by atoms with van der Waals surface area (Å²) in [6.07, 6.45) is 0.604. The highest BCUT2D eigenvalue weighted by atomic mass is 35.5. The fourth-order valence-corrected chi connectivity index (χ4v) is 3.68. The summed E-state index contributed by atoms with van der Waals surface area (Å²) < 4.78 is 14.9. The number of esters is 1. The highest BCUT2D eigenvalue weighted by molar-refractivity contribution is 7.11. The SMILES string of the molecule is O=C(O[C@@H](C(=O)NC[C@@H]1CCCO1)c1ccc(Cl)cc1)c1nsc(Cl)c1Cl. The first-order chi connectivity index (χ1) is 13.0. The molecule has 0 unspecified atom stereocenters. The van der Waals surface area contributed by atoms with Gasteiger partial charge in [0, 0.05) is 23.7 Å². The fraction of sp³-hybridized carbons (Fsp3) is 0.353. The number of ether oxygens (including phenoxy) is 2. The summed E-state index contributed by atoms with van der Waals surface area (Å²) in [5.74, 6) is -1.31. The Bertz CT molecular complexity index is 822. The maximum Gasteiger partial charge on any atom is 0.360 e. The maximum atomic E-state index is 12.7. The van der Waals surface area contributed by atoms with Gasteiger partial charge in [0.1, 0.15) is 9.36 Å². The van der Waals surface area contributed by atoms with Gasteiger partial charge in [-0.25, -0.2) is 4.79 Å². The molecule has 1 aliphatic rings. The Kier molecular flexibility index (Phi) is 6.94. The average molecular weight is 450 g/mol. The second-order valence-electron chi connectivity index (χ2n) is 5.84. The Morgan fingerprint density at radius 3 is 2.63 bits per heavy atom. The molecular formula is C17H15Cl3N2O4S. The van der Waals surface area contributed by atoms with Crippen molar-refractivity contribution in [2.24, 2.45) is 0 Å². The normalized spacial score (nSPS) is 17.5. The second-order valence-corrected chi connectivity index (χ2v) is 8.03. The number of nitrogens with one attached hydrogen (secondary N) is 1. The Morgan fingerprint density at radius 2 is 2.04 bits per heavy atom. The number of hydrogen-bond acceptors (Lipinski definition) is 6. The van der Waals surface area contributed by atoms with Crippen molar-refractivity contribution in [1.29, 1.82) is 0 Å². The van der Waals surface area contributed by atoms with Crippen LogP contribution in [0.5, 0.6) is 0 Å². The molecule has 0 bridgehead atoms. The molecule has 1 saturated heterocycles. The predicted octanol–water partition coefficient (Wildman–Crippen LogP) is 4.30. The van der Waals surface area contributed by atoms with Crippen LogP contribution in [0.4, 0.5) is 0 Å².